The van der Waals surface area contributed by atoms with Crippen LogP contribution in [-0.2, 0) is 6.42 Å². The summed E-state index contributed by atoms with van der Waals surface area (Å²) in [7, 11) is 1.68. The van der Waals surface area contributed by atoms with Gasteiger partial charge < -0.3 is 10.5 Å². The molecule has 2 aromatic carbocycles. The lowest BCUT2D eigenvalue weighted by Gasteiger charge is -2.15. The molecular weight excluding hydrogens is 314 g/mol. The van der Waals surface area contributed by atoms with Gasteiger partial charge >= 0.3 is 0 Å². The summed E-state index contributed by atoms with van der Waals surface area (Å²) in [6.07, 6.45) is 1.89. The van der Waals surface area contributed by atoms with Crippen LogP contribution >= 0.6 is 15.9 Å². The van der Waals surface area contributed by atoms with Gasteiger partial charge in [0.05, 0.1) is 7.11 Å². The van der Waals surface area contributed by atoms with Crippen LogP contribution in [0.3, 0.4) is 0 Å². The molecular formula is C17H20BrNO. The van der Waals surface area contributed by atoms with E-state index < -0.39 is 0 Å². The third-order valence-corrected chi connectivity index (χ3v) is 4.61. The van der Waals surface area contributed by atoms with Crippen LogP contribution < -0.4 is 10.5 Å². The van der Waals surface area contributed by atoms with E-state index in [9.17, 15) is 0 Å². The highest BCUT2D eigenvalue weighted by Gasteiger charge is 2.11. The largest absolute Gasteiger partial charge is 0.497 e. The number of methoxy groups -OCH3 is 1. The van der Waals surface area contributed by atoms with Crippen LogP contribution in [0.15, 0.2) is 46.9 Å². The molecule has 20 heavy (non-hydrogen) atoms. The van der Waals surface area contributed by atoms with E-state index in [2.05, 4.69) is 53.2 Å². The SMILES string of the molecule is COc1ccc(CCC(N)c2cccc(C)c2Br)cc1. The Bertz CT molecular complexity index is 566. The molecule has 2 nitrogen and oxygen atoms in total. The molecule has 0 spiro atoms. The van der Waals surface area contributed by atoms with Crippen LogP contribution in [0.5, 0.6) is 5.75 Å². The number of benzene rings is 2. The maximum atomic E-state index is 6.31. The minimum Gasteiger partial charge on any atom is -0.497 e. The van der Waals surface area contributed by atoms with Crippen LogP contribution in [-0.4, -0.2) is 7.11 Å². The number of hydrogen-bond acceptors (Lipinski definition) is 2. The van der Waals surface area contributed by atoms with Gasteiger partial charge in [-0.3, -0.25) is 0 Å². The molecule has 0 aliphatic carbocycles. The van der Waals surface area contributed by atoms with Crippen LogP contribution in [0.1, 0.15) is 29.2 Å². The van der Waals surface area contributed by atoms with Crippen molar-refractivity contribution in [1.29, 1.82) is 0 Å². The zero-order chi connectivity index (χ0) is 14.5. The molecule has 0 amide bonds. The molecule has 2 rings (SSSR count). The smallest absolute Gasteiger partial charge is 0.118 e. The van der Waals surface area contributed by atoms with E-state index in [1.54, 1.807) is 7.11 Å². The molecule has 0 aliphatic heterocycles. The first kappa shape index (κ1) is 15.1. The van der Waals surface area contributed by atoms with Gasteiger partial charge in [0.15, 0.2) is 0 Å². The molecule has 1 atom stereocenters. The Morgan fingerprint density at radius 3 is 2.50 bits per heavy atom. The summed E-state index contributed by atoms with van der Waals surface area (Å²) in [4.78, 5) is 0. The van der Waals surface area contributed by atoms with Crippen molar-refractivity contribution in [2.75, 3.05) is 7.11 Å². The number of rotatable bonds is 5. The first-order chi connectivity index (χ1) is 9.61. The van der Waals surface area contributed by atoms with Gasteiger partial charge in [0, 0.05) is 10.5 Å². The van der Waals surface area contributed by atoms with E-state index in [-0.39, 0.29) is 6.04 Å². The lowest BCUT2D eigenvalue weighted by Crippen LogP contribution is -2.12. The molecule has 3 heteroatoms. The standard InChI is InChI=1S/C17H20BrNO/c1-12-4-3-5-15(17(12)18)16(19)11-8-13-6-9-14(20-2)10-7-13/h3-7,9-10,16H,8,11,19H2,1-2H3. The molecule has 0 radical (unpaired) electrons. The fraction of sp³-hybridized carbons (Fsp3) is 0.294. The normalized spacial score (nSPS) is 12.2. The summed E-state index contributed by atoms with van der Waals surface area (Å²) in [5.74, 6) is 0.888. The molecule has 0 heterocycles. The third-order valence-electron chi connectivity index (χ3n) is 3.52. The Hall–Kier alpha value is -1.32. The molecule has 0 aromatic heterocycles. The van der Waals surface area contributed by atoms with Crippen molar-refractivity contribution in [2.24, 2.45) is 5.73 Å². The van der Waals surface area contributed by atoms with E-state index in [1.807, 2.05) is 12.1 Å². The lowest BCUT2D eigenvalue weighted by molar-refractivity contribution is 0.414. The highest BCUT2D eigenvalue weighted by molar-refractivity contribution is 9.10. The first-order valence-corrected chi connectivity index (χ1v) is 7.54. The summed E-state index contributed by atoms with van der Waals surface area (Å²) in [5, 5.41) is 0. The second-order valence-electron chi connectivity index (χ2n) is 4.97. The maximum absolute atomic E-state index is 6.31. The number of hydrogen-bond donors (Lipinski definition) is 1. The molecule has 0 saturated carbocycles. The second kappa shape index (κ2) is 6.91. The zero-order valence-electron chi connectivity index (χ0n) is 11.9. The van der Waals surface area contributed by atoms with Crippen molar-refractivity contribution < 1.29 is 4.74 Å². The predicted molar refractivity (Wildman–Crippen MR) is 87.1 cm³/mol. The summed E-state index contributed by atoms with van der Waals surface area (Å²) in [6, 6.07) is 14.5. The van der Waals surface area contributed by atoms with Crippen molar-refractivity contribution >= 4 is 15.9 Å². The number of aryl methyl sites for hydroxylation is 2. The van der Waals surface area contributed by atoms with Gasteiger partial charge in [-0.05, 0) is 48.6 Å². The van der Waals surface area contributed by atoms with Gasteiger partial charge in [-0.1, -0.05) is 46.3 Å². The highest BCUT2D eigenvalue weighted by Crippen LogP contribution is 2.28. The molecule has 0 aliphatic rings. The van der Waals surface area contributed by atoms with E-state index in [0.29, 0.717) is 0 Å². The average Bonchev–Trinajstić information content (AvgIpc) is 2.48. The van der Waals surface area contributed by atoms with Crippen LogP contribution in [0.25, 0.3) is 0 Å². The molecule has 0 saturated heterocycles. The van der Waals surface area contributed by atoms with Crippen molar-refractivity contribution in [3.8, 4) is 5.75 Å². The number of ether oxygens (including phenoxy) is 1. The van der Waals surface area contributed by atoms with Gasteiger partial charge in [-0.2, -0.15) is 0 Å². The lowest BCUT2D eigenvalue weighted by atomic mass is 9.98. The van der Waals surface area contributed by atoms with E-state index in [0.717, 1.165) is 23.1 Å². The Balaban J connectivity index is 2.00. The maximum Gasteiger partial charge on any atom is 0.118 e. The summed E-state index contributed by atoms with van der Waals surface area (Å²) in [6.45, 7) is 2.09. The van der Waals surface area contributed by atoms with Gasteiger partial charge in [0.1, 0.15) is 5.75 Å². The van der Waals surface area contributed by atoms with Crippen molar-refractivity contribution in [3.05, 3.63) is 63.6 Å². The first-order valence-electron chi connectivity index (χ1n) is 6.75. The third kappa shape index (κ3) is 3.62. The molecule has 1 unspecified atom stereocenters. The van der Waals surface area contributed by atoms with Crippen LogP contribution in [0, 0.1) is 6.92 Å². The Morgan fingerprint density at radius 2 is 1.85 bits per heavy atom. The minimum absolute atomic E-state index is 0.0476. The highest BCUT2D eigenvalue weighted by atomic mass is 79.9. The summed E-state index contributed by atoms with van der Waals surface area (Å²) >= 11 is 3.63. The predicted octanol–water partition coefficient (Wildman–Crippen LogP) is 4.40. The van der Waals surface area contributed by atoms with E-state index in [4.69, 9.17) is 10.5 Å². The topological polar surface area (TPSA) is 35.2 Å². The molecule has 0 bridgehead atoms. The minimum atomic E-state index is 0.0476. The van der Waals surface area contributed by atoms with Crippen molar-refractivity contribution in [2.45, 2.75) is 25.8 Å². The molecule has 2 aromatic rings. The van der Waals surface area contributed by atoms with Gasteiger partial charge in [0.25, 0.3) is 0 Å². The quantitative estimate of drug-likeness (QED) is 0.880. The Labute approximate surface area is 129 Å². The summed E-state index contributed by atoms with van der Waals surface area (Å²) in [5.41, 5.74) is 10.00. The monoisotopic (exact) mass is 333 g/mol. The van der Waals surface area contributed by atoms with Crippen molar-refractivity contribution in [1.82, 2.24) is 0 Å². The number of nitrogens with two attached hydrogens (primary N) is 1. The van der Waals surface area contributed by atoms with Gasteiger partial charge in [-0.15, -0.1) is 0 Å². The molecule has 0 fully saturated rings. The molecule has 106 valence electrons. The fourth-order valence-corrected chi connectivity index (χ4v) is 2.78. The van der Waals surface area contributed by atoms with Crippen LogP contribution in [0.4, 0.5) is 0 Å². The Kier molecular flexibility index (Phi) is 5.21. The second-order valence-corrected chi connectivity index (χ2v) is 5.76. The fourth-order valence-electron chi connectivity index (χ4n) is 2.23. The average molecular weight is 334 g/mol. The zero-order valence-corrected chi connectivity index (χ0v) is 13.5. The van der Waals surface area contributed by atoms with Gasteiger partial charge in [-0.25, -0.2) is 0 Å². The Morgan fingerprint density at radius 1 is 1.15 bits per heavy atom. The number of halogens is 1. The van der Waals surface area contributed by atoms with Crippen LogP contribution in [0.2, 0.25) is 0 Å². The summed E-state index contributed by atoms with van der Waals surface area (Å²) < 4.78 is 6.29. The van der Waals surface area contributed by atoms with E-state index >= 15 is 0 Å². The van der Waals surface area contributed by atoms with Crippen molar-refractivity contribution in [3.63, 3.8) is 0 Å². The van der Waals surface area contributed by atoms with Gasteiger partial charge in [0.2, 0.25) is 0 Å². The molecule has 2 N–H and O–H groups in total. The van der Waals surface area contributed by atoms with E-state index in [1.165, 1.54) is 16.7 Å².